The number of carbonyl (C=O) groups excluding carboxylic acids is 2. The van der Waals surface area contributed by atoms with E-state index in [1.807, 2.05) is 18.2 Å². The summed E-state index contributed by atoms with van der Waals surface area (Å²) in [6.07, 6.45) is 1.32. The Morgan fingerprint density at radius 3 is 2.36 bits per heavy atom. The molecule has 0 unspecified atom stereocenters. The summed E-state index contributed by atoms with van der Waals surface area (Å²) in [4.78, 5) is 26.3. The molecule has 1 heterocycles. The molecule has 1 aliphatic rings. The molecule has 1 atom stereocenters. The van der Waals surface area contributed by atoms with Crippen molar-refractivity contribution in [3.05, 3.63) is 71.3 Å². The highest BCUT2D eigenvalue weighted by molar-refractivity contribution is 5.94. The third kappa shape index (κ3) is 4.85. The first-order valence-electron chi connectivity index (χ1n) is 9.30. The van der Waals surface area contributed by atoms with Gasteiger partial charge in [-0.3, -0.25) is 4.79 Å². The zero-order chi connectivity index (χ0) is 20.1. The molecular formula is C21H23F2N3O2. The van der Waals surface area contributed by atoms with Crippen molar-refractivity contribution in [1.29, 1.82) is 0 Å². The van der Waals surface area contributed by atoms with Crippen molar-refractivity contribution in [3.8, 4) is 0 Å². The lowest BCUT2D eigenvalue weighted by atomic mass is 10.0. The molecule has 0 spiro atoms. The molecule has 2 aromatic rings. The lowest BCUT2D eigenvalue weighted by Gasteiger charge is -2.33. The van der Waals surface area contributed by atoms with Crippen LogP contribution in [0.5, 0.6) is 0 Å². The normalized spacial score (nSPS) is 15.8. The fraction of sp³-hybridized carbons (Fsp3) is 0.333. The minimum atomic E-state index is -0.937. The maximum atomic E-state index is 13.4. The number of hydrogen-bond donors (Lipinski definition) is 2. The van der Waals surface area contributed by atoms with Crippen LogP contribution in [-0.4, -0.2) is 36.0 Å². The molecule has 3 amide bonds. The van der Waals surface area contributed by atoms with Gasteiger partial charge < -0.3 is 15.5 Å². The van der Waals surface area contributed by atoms with Gasteiger partial charge in [-0.25, -0.2) is 13.6 Å². The Labute approximate surface area is 162 Å². The predicted molar refractivity (Wildman–Crippen MR) is 102 cm³/mol. The smallest absolute Gasteiger partial charge is 0.317 e. The van der Waals surface area contributed by atoms with Gasteiger partial charge in [0, 0.05) is 24.7 Å². The van der Waals surface area contributed by atoms with E-state index < -0.39 is 17.7 Å². The molecule has 28 heavy (non-hydrogen) atoms. The van der Waals surface area contributed by atoms with Gasteiger partial charge in [-0.05, 0) is 49.6 Å². The first kappa shape index (κ1) is 19.8. The van der Waals surface area contributed by atoms with E-state index in [0.717, 1.165) is 12.1 Å². The van der Waals surface area contributed by atoms with Crippen LogP contribution in [0.15, 0.2) is 48.5 Å². The topological polar surface area (TPSA) is 61.4 Å². The molecule has 3 rings (SSSR count). The number of nitrogens with zero attached hydrogens (tertiary/aromatic N) is 1. The molecule has 5 nitrogen and oxygen atoms in total. The van der Waals surface area contributed by atoms with E-state index in [1.165, 1.54) is 6.07 Å². The number of amides is 3. The summed E-state index contributed by atoms with van der Waals surface area (Å²) >= 11 is 0. The first-order chi connectivity index (χ1) is 13.4. The standard InChI is InChI=1S/C21H23F2N3O2/c1-14(16-7-8-18(22)19(23)13-16)24-21(28)26-11-9-17(10-12-26)25-20(27)15-5-3-2-4-6-15/h2-8,13-14,17H,9-12H2,1H3,(H,24,28)(H,25,27)/t14-/m0/s1. The van der Waals surface area contributed by atoms with Gasteiger partial charge in [-0.1, -0.05) is 24.3 Å². The number of nitrogens with one attached hydrogen (secondary N) is 2. The fourth-order valence-electron chi connectivity index (χ4n) is 3.23. The molecule has 0 aliphatic carbocycles. The van der Waals surface area contributed by atoms with E-state index in [2.05, 4.69) is 10.6 Å². The van der Waals surface area contributed by atoms with Gasteiger partial charge in [0.15, 0.2) is 11.6 Å². The SMILES string of the molecule is C[C@H](NC(=O)N1CCC(NC(=O)c2ccccc2)CC1)c1ccc(F)c(F)c1. The Balaban J connectivity index is 1.48. The lowest BCUT2D eigenvalue weighted by molar-refractivity contribution is 0.0917. The van der Waals surface area contributed by atoms with E-state index in [9.17, 15) is 18.4 Å². The van der Waals surface area contributed by atoms with Gasteiger partial charge in [-0.15, -0.1) is 0 Å². The minimum absolute atomic E-state index is 0.0142. The zero-order valence-corrected chi connectivity index (χ0v) is 15.6. The van der Waals surface area contributed by atoms with Crippen LogP contribution < -0.4 is 10.6 Å². The number of rotatable bonds is 4. The molecule has 0 aromatic heterocycles. The van der Waals surface area contributed by atoms with Crippen LogP contribution >= 0.6 is 0 Å². The third-order valence-corrected chi connectivity index (χ3v) is 4.94. The van der Waals surface area contributed by atoms with E-state index in [4.69, 9.17) is 0 Å². The van der Waals surface area contributed by atoms with Crippen LogP contribution in [0.2, 0.25) is 0 Å². The monoisotopic (exact) mass is 387 g/mol. The second-order valence-electron chi connectivity index (χ2n) is 6.95. The third-order valence-electron chi connectivity index (χ3n) is 4.94. The zero-order valence-electron chi connectivity index (χ0n) is 15.6. The number of likely N-dealkylation sites (tertiary alicyclic amines) is 1. The van der Waals surface area contributed by atoms with Crippen molar-refractivity contribution in [2.24, 2.45) is 0 Å². The summed E-state index contributed by atoms with van der Waals surface area (Å²) in [5, 5.41) is 5.80. The van der Waals surface area contributed by atoms with Crippen molar-refractivity contribution in [3.63, 3.8) is 0 Å². The van der Waals surface area contributed by atoms with Crippen molar-refractivity contribution in [2.75, 3.05) is 13.1 Å². The summed E-state index contributed by atoms with van der Waals surface area (Å²) < 4.78 is 26.4. The van der Waals surface area contributed by atoms with Gasteiger partial charge in [0.05, 0.1) is 6.04 Å². The lowest BCUT2D eigenvalue weighted by Crippen LogP contribution is -2.49. The summed E-state index contributed by atoms with van der Waals surface area (Å²) in [6.45, 7) is 2.74. The maximum Gasteiger partial charge on any atom is 0.317 e. The highest BCUT2D eigenvalue weighted by atomic mass is 19.2. The van der Waals surface area contributed by atoms with Crippen LogP contribution in [0.4, 0.5) is 13.6 Å². The van der Waals surface area contributed by atoms with Crippen molar-refractivity contribution in [1.82, 2.24) is 15.5 Å². The second kappa shape index (κ2) is 8.82. The molecular weight excluding hydrogens is 364 g/mol. The maximum absolute atomic E-state index is 13.4. The van der Waals surface area contributed by atoms with Gasteiger partial charge in [0.1, 0.15) is 0 Å². The summed E-state index contributed by atoms with van der Waals surface area (Å²) in [5.41, 5.74) is 1.11. The molecule has 2 aromatic carbocycles. The van der Waals surface area contributed by atoms with Gasteiger partial charge in [0.25, 0.3) is 5.91 Å². The number of halogens is 2. The molecule has 7 heteroatoms. The quantitative estimate of drug-likeness (QED) is 0.842. The second-order valence-corrected chi connectivity index (χ2v) is 6.95. The highest BCUT2D eigenvalue weighted by Crippen LogP contribution is 2.17. The first-order valence-corrected chi connectivity index (χ1v) is 9.30. The summed E-state index contributed by atoms with van der Waals surface area (Å²) in [5.74, 6) is -1.97. The average Bonchev–Trinajstić information content (AvgIpc) is 2.71. The molecule has 148 valence electrons. The Morgan fingerprint density at radius 1 is 1.04 bits per heavy atom. The van der Waals surface area contributed by atoms with Gasteiger partial charge in [0.2, 0.25) is 0 Å². The van der Waals surface area contributed by atoms with Gasteiger partial charge in [-0.2, -0.15) is 0 Å². The van der Waals surface area contributed by atoms with Crippen LogP contribution in [0.1, 0.15) is 41.7 Å². The van der Waals surface area contributed by atoms with Crippen LogP contribution in [0.3, 0.4) is 0 Å². The summed E-state index contributed by atoms with van der Waals surface area (Å²) in [6, 6.07) is 11.9. The van der Waals surface area contributed by atoms with Crippen LogP contribution in [0, 0.1) is 11.6 Å². The van der Waals surface area contributed by atoms with E-state index in [0.29, 0.717) is 37.1 Å². The number of benzene rings is 2. The molecule has 1 saturated heterocycles. The molecule has 0 saturated carbocycles. The molecule has 1 fully saturated rings. The fourth-order valence-corrected chi connectivity index (χ4v) is 3.23. The highest BCUT2D eigenvalue weighted by Gasteiger charge is 2.25. The Hall–Kier alpha value is -2.96. The Morgan fingerprint density at radius 2 is 1.71 bits per heavy atom. The van der Waals surface area contributed by atoms with Gasteiger partial charge >= 0.3 is 6.03 Å². The number of hydrogen-bond acceptors (Lipinski definition) is 2. The minimum Gasteiger partial charge on any atom is -0.349 e. The molecule has 2 N–H and O–H groups in total. The predicted octanol–water partition coefficient (Wildman–Crippen LogP) is 3.63. The van der Waals surface area contributed by atoms with E-state index >= 15 is 0 Å². The number of piperidine rings is 1. The molecule has 0 bridgehead atoms. The summed E-state index contributed by atoms with van der Waals surface area (Å²) in [7, 11) is 0. The number of urea groups is 1. The average molecular weight is 387 g/mol. The van der Waals surface area contributed by atoms with Crippen molar-refractivity contribution < 1.29 is 18.4 Å². The van der Waals surface area contributed by atoms with Crippen LogP contribution in [-0.2, 0) is 0 Å². The van der Waals surface area contributed by atoms with E-state index in [-0.39, 0.29) is 18.0 Å². The number of carbonyl (C=O) groups is 2. The largest absolute Gasteiger partial charge is 0.349 e. The molecule has 1 aliphatic heterocycles. The Kier molecular flexibility index (Phi) is 6.23. The van der Waals surface area contributed by atoms with Crippen molar-refractivity contribution in [2.45, 2.75) is 31.8 Å². The Bertz CT molecular complexity index is 837. The van der Waals surface area contributed by atoms with E-state index in [1.54, 1.807) is 24.0 Å². The molecule has 0 radical (unpaired) electrons. The van der Waals surface area contributed by atoms with Crippen LogP contribution in [0.25, 0.3) is 0 Å². The van der Waals surface area contributed by atoms with Crippen molar-refractivity contribution >= 4 is 11.9 Å².